The van der Waals surface area contributed by atoms with Crippen LogP contribution in [0.1, 0.15) is 55.4 Å². The van der Waals surface area contributed by atoms with E-state index in [0.29, 0.717) is 0 Å². The maximum absolute atomic E-state index is 5.57. The van der Waals surface area contributed by atoms with E-state index in [-0.39, 0.29) is 18.3 Å². The van der Waals surface area contributed by atoms with Crippen LogP contribution in [0, 0.1) is 0 Å². The van der Waals surface area contributed by atoms with Crippen molar-refractivity contribution in [3.63, 3.8) is 0 Å². The molecule has 1 aliphatic rings. The Bertz CT molecular complexity index is 160. The zero-order valence-electron chi connectivity index (χ0n) is 11.7. The Morgan fingerprint density at radius 1 is 0.867 bits per heavy atom. The summed E-state index contributed by atoms with van der Waals surface area (Å²) >= 11 is 0. The Morgan fingerprint density at radius 3 is 1.27 bits per heavy atom. The van der Waals surface area contributed by atoms with Gasteiger partial charge in [-0.15, -0.1) is 6.58 Å². The third kappa shape index (κ3) is 4.39. The van der Waals surface area contributed by atoms with Gasteiger partial charge in [0.25, 0.3) is 0 Å². The van der Waals surface area contributed by atoms with Crippen molar-refractivity contribution in [3.05, 3.63) is 12.6 Å². The van der Waals surface area contributed by atoms with E-state index in [1.54, 1.807) is 5.98 Å². The number of hydrogen-bond acceptors (Lipinski definition) is 2. The maximum atomic E-state index is 5.57. The summed E-state index contributed by atoms with van der Waals surface area (Å²) in [6, 6.07) is 0. The number of rotatable bonds is 1. The fourth-order valence-corrected chi connectivity index (χ4v) is 0.985. The normalized spacial score (nSPS) is 20.7. The van der Waals surface area contributed by atoms with Crippen LogP contribution in [0.25, 0.3) is 0 Å². The van der Waals surface area contributed by atoms with Gasteiger partial charge in [-0.25, -0.2) is 0 Å². The molecular formula is C12H27BO2. The lowest BCUT2D eigenvalue weighted by atomic mass is 9.90. The third-order valence-corrected chi connectivity index (χ3v) is 2.46. The lowest BCUT2D eigenvalue weighted by Gasteiger charge is -2.32. The zero-order valence-corrected chi connectivity index (χ0v) is 11.7. The van der Waals surface area contributed by atoms with E-state index in [0.717, 1.165) is 0 Å². The molecule has 0 N–H and O–H groups in total. The predicted octanol–water partition coefficient (Wildman–Crippen LogP) is 3.86. The molecule has 0 amide bonds. The molecule has 0 aromatic heterocycles. The van der Waals surface area contributed by atoms with Gasteiger partial charge in [-0.1, -0.05) is 33.7 Å². The summed E-state index contributed by atoms with van der Waals surface area (Å²) < 4.78 is 11.1. The first-order valence-corrected chi connectivity index (χ1v) is 5.87. The molecular weight excluding hydrogens is 187 g/mol. The highest BCUT2D eigenvalue weighted by molar-refractivity contribution is 6.51. The van der Waals surface area contributed by atoms with E-state index in [9.17, 15) is 0 Å². The second-order valence-electron chi connectivity index (χ2n) is 3.86. The van der Waals surface area contributed by atoms with Crippen LogP contribution in [0.2, 0.25) is 0 Å². The fourth-order valence-electron chi connectivity index (χ4n) is 0.985. The number of hydrogen-bond donors (Lipinski definition) is 0. The quantitative estimate of drug-likeness (QED) is 0.617. The molecule has 1 saturated heterocycles. The van der Waals surface area contributed by atoms with Crippen molar-refractivity contribution in [3.8, 4) is 0 Å². The summed E-state index contributed by atoms with van der Waals surface area (Å²) in [6.45, 7) is 19.7. The molecule has 0 bridgehead atoms. The third-order valence-electron chi connectivity index (χ3n) is 2.46. The molecule has 0 aromatic carbocycles. The highest BCUT2D eigenvalue weighted by atomic mass is 16.7. The topological polar surface area (TPSA) is 18.5 Å². The Balaban J connectivity index is 0. The molecule has 15 heavy (non-hydrogen) atoms. The van der Waals surface area contributed by atoms with Gasteiger partial charge in [0.15, 0.2) is 0 Å². The van der Waals surface area contributed by atoms with Crippen molar-refractivity contribution in [1.82, 2.24) is 0 Å². The molecule has 0 aromatic rings. The highest BCUT2D eigenvalue weighted by Gasteiger charge is 2.49. The average Bonchev–Trinajstić information content (AvgIpc) is 2.42. The first kappa shape index (κ1) is 17.1. The van der Waals surface area contributed by atoms with Crippen LogP contribution in [0.15, 0.2) is 12.6 Å². The molecule has 2 nitrogen and oxygen atoms in total. The van der Waals surface area contributed by atoms with Crippen LogP contribution in [-0.2, 0) is 9.31 Å². The Labute approximate surface area is 96.2 Å². The van der Waals surface area contributed by atoms with Gasteiger partial charge >= 0.3 is 7.12 Å². The van der Waals surface area contributed by atoms with E-state index >= 15 is 0 Å². The summed E-state index contributed by atoms with van der Waals surface area (Å²) in [6.07, 6.45) is 0. The van der Waals surface area contributed by atoms with Crippen LogP contribution >= 0.6 is 0 Å². The maximum Gasteiger partial charge on any atom is 0.486 e. The van der Waals surface area contributed by atoms with Crippen LogP contribution < -0.4 is 0 Å². The van der Waals surface area contributed by atoms with Gasteiger partial charge in [-0.3, -0.25) is 0 Å². The smallest absolute Gasteiger partial charge is 0.400 e. The highest BCUT2D eigenvalue weighted by Crippen LogP contribution is 2.36. The van der Waals surface area contributed by atoms with Crippen molar-refractivity contribution in [2.45, 2.75) is 66.6 Å². The molecule has 1 heterocycles. The predicted molar refractivity (Wildman–Crippen MR) is 69.0 cm³/mol. The lowest BCUT2D eigenvalue weighted by molar-refractivity contribution is 0.00578. The molecule has 0 saturated carbocycles. The van der Waals surface area contributed by atoms with Gasteiger partial charge in [-0.05, 0) is 27.7 Å². The fraction of sp³-hybridized carbons (Fsp3) is 0.833. The van der Waals surface area contributed by atoms with Gasteiger partial charge in [0.2, 0.25) is 0 Å². The van der Waals surface area contributed by atoms with E-state index < -0.39 is 0 Å². The van der Waals surface area contributed by atoms with E-state index in [4.69, 9.17) is 9.31 Å². The van der Waals surface area contributed by atoms with E-state index in [1.165, 1.54) is 0 Å². The minimum Gasteiger partial charge on any atom is -0.400 e. The van der Waals surface area contributed by atoms with E-state index in [2.05, 4.69) is 6.58 Å². The Kier molecular flexibility index (Phi) is 8.08. The molecule has 0 unspecified atom stereocenters. The standard InChI is InChI=1S/C8H15BO2.2C2H6/c1-6-9-10-7(2,3)8(4,5)11-9;2*1-2/h6H,1H2,2-5H3;2*1-2H3. The summed E-state index contributed by atoms with van der Waals surface area (Å²) in [5, 5.41) is 0. The molecule has 0 atom stereocenters. The molecule has 3 heteroatoms. The van der Waals surface area contributed by atoms with Crippen LogP contribution in [-0.4, -0.2) is 18.3 Å². The zero-order chi connectivity index (χ0) is 12.7. The first-order chi connectivity index (χ1) is 6.89. The minimum atomic E-state index is -0.250. The largest absolute Gasteiger partial charge is 0.486 e. The van der Waals surface area contributed by atoms with Crippen LogP contribution in [0.5, 0.6) is 0 Å². The molecule has 1 aliphatic heterocycles. The van der Waals surface area contributed by atoms with Crippen molar-refractivity contribution >= 4 is 7.12 Å². The second kappa shape index (κ2) is 7.07. The summed E-state index contributed by atoms with van der Waals surface area (Å²) in [5.41, 5.74) is -0.461. The van der Waals surface area contributed by atoms with Crippen molar-refractivity contribution in [2.75, 3.05) is 0 Å². The first-order valence-electron chi connectivity index (χ1n) is 5.87. The summed E-state index contributed by atoms with van der Waals surface area (Å²) in [7, 11) is -0.250. The van der Waals surface area contributed by atoms with Crippen LogP contribution in [0.3, 0.4) is 0 Å². The van der Waals surface area contributed by atoms with Gasteiger partial charge in [-0.2, -0.15) is 0 Å². The Hall–Kier alpha value is -0.275. The molecule has 0 aliphatic carbocycles. The molecule has 0 spiro atoms. The molecule has 1 fully saturated rings. The Morgan fingerprint density at radius 2 is 1.13 bits per heavy atom. The average molecular weight is 214 g/mol. The van der Waals surface area contributed by atoms with Gasteiger partial charge < -0.3 is 9.31 Å². The minimum absolute atomic E-state index is 0.230. The van der Waals surface area contributed by atoms with Crippen molar-refractivity contribution in [1.29, 1.82) is 0 Å². The molecule has 1 rings (SSSR count). The second-order valence-corrected chi connectivity index (χ2v) is 3.86. The summed E-state index contributed by atoms with van der Waals surface area (Å²) in [4.78, 5) is 0. The molecule has 90 valence electrons. The SMILES string of the molecule is C=CB1OC(C)(C)C(C)(C)O1.CC.CC. The van der Waals surface area contributed by atoms with Crippen molar-refractivity contribution in [2.24, 2.45) is 0 Å². The monoisotopic (exact) mass is 214 g/mol. The summed E-state index contributed by atoms with van der Waals surface area (Å²) in [5.74, 6) is 1.68. The van der Waals surface area contributed by atoms with Gasteiger partial charge in [0.1, 0.15) is 0 Å². The van der Waals surface area contributed by atoms with Gasteiger partial charge in [0.05, 0.1) is 11.2 Å². The van der Waals surface area contributed by atoms with Crippen molar-refractivity contribution < 1.29 is 9.31 Å². The van der Waals surface area contributed by atoms with Crippen LogP contribution in [0.4, 0.5) is 0 Å². The van der Waals surface area contributed by atoms with E-state index in [1.807, 2.05) is 55.4 Å². The van der Waals surface area contributed by atoms with Gasteiger partial charge in [0, 0.05) is 0 Å². The molecule has 0 radical (unpaired) electrons. The lowest BCUT2D eigenvalue weighted by Crippen LogP contribution is -2.41.